The van der Waals surface area contributed by atoms with Crippen LogP contribution in [0.3, 0.4) is 0 Å². The van der Waals surface area contributed by atoms with Crippen molar-refractivity contribution in [2.24, 2.45) is 5.41 Å². The number of methoxy groups -OCH3 is 1. The highest BCUT2D eigenvalue weighted by Crippen LogP contribution is 2.36. The lowest BCUT2D eigenvalue weighted by Crippen LogP contribution is -2.58. The summed E-state index contributed by atoms with van der Waals surface area (Å²) in [5.41, 5.74) is 4.78. The molecule has 74 heavy (non-hydrogen) atoms. The van der Waals surface area contributed by atoms with Gasteiger partial charge < -0.3 is 58.7 Å². The Morgan fingerprint density at radius 2 is 1.47 bits per heavy atom. The summed E-state index contributed by atoms with van der Waals surface area (Å²) in [6.07, 6.45) is 1.37. The zero-order valence-corrected chi connectivity index (χ0v) is 45.0. The Morgan fingerprint density at radius 1 is 0.824 bits per heavy atom. The molecule has 0 bridgehead atoms. The third-order valence-corrected chi connectivity index (χ3v) is 12.8. The molecule has 2 aromatic heterocycles. The number of thiazole rings is 1. The van der Waals surface area contributed by atoms with Gasteiger partial charge in [-0.3, -0.25) is 14.4 Å². The van der Waals surface area contributed by atoms with E-state index >= 15 is 0 Å². The van der Waals surface area contributed by atoms with Gasteiger partial charge in [-0.1, -0.05) is 56.6 Å². The highest BCUT2D eigenvalue weighted by molar-refractivity contribution is 7.13. The van der Waals surface area contributed by atoms with Crippen molar-refractivity contribution in [1.29, 1.82) is 0 Å². The topological polar surface area (TPSA) is 203 Å². The van der Waals surface area contributed by atoms with Gasteiger partial charge in [0.25, 0.3) is 0 Å². The molecule has 3 heterocycles. The molecule has 6 rings (SSSR count). The minimum Gasteiger partial charge on any atom is -0.493 e. The van der Waals surface area contributed by atoms with Crippen molar-refractivity contribution < 1.29 is 56.7 Å². The van der Waals surface area contributed by atoms with Gasteiger partial charge in [-0.05, 0) is 68.5 Å². The number of nitrogens with zero attached hydrogens (tertiary/aromatic N) is 4. The van der Waals surface area contributed by atoms with Crippen LogP contribution in [0.1, 0.15) is 59.2 Å². The van der Waals surface area contributed by atoms with Crippen LogP contribution < -0.4 is 25.4 Å². The van der Waals surface area contributed by atoms with Crippen molar-refractivity contribution in [2.75, 3.05) is 91.6 Å². The number of amides is 3. The Kier molecular flexibility index (Phi) is 21.7. The van der Waals surface area contributed by atoms with Gasteiger partial charge >= 0.3 is 0 Å². The molecular weight excluding hydrogens is 997 g/mol. The van der Waals surface area contributed by atoms with Crippen molar-refractivity contribution in [1.82, 2.24) is 30.5 Å². The van der Waals surface area contributed by atoms with Crippen molar-refractivity contribution in [3.05, 3.63) is 88.5 Å². The van der Waals surface area contributed by atoms with E-state index in [4.69, 9.17) is 49.5 Å². The standard InChI is InChI=1S/C53H69ClFN7O11S/c1-34-47(74-33-59-34)36-11-9-35(10-12-36)29-56-50(64)43-26-38(73-53(5,6)7)30-62(43)51(65)48(52(2,3)4)61-46(63)31-71-22-21-69-18-17-67-15-16-68-19-20-70-23-24-72-45-27-39-42(28-44(45)66-8)57-32-58-49(39)60-37-13-14-41(55)40(54)25-37/h9-14,25,27-28,32-33,38,43,48H,15-24,26,29-31H2,1-8H3,(H,56,64)(H,61,63)(H,57,58,60)/t38-,43+,48?/m1/s1. The molecule has 3 amide bonds. The van der Waals surface area contributed by atoms with Crippen LogP contribution in [0.15, 0.2) is 66.4 Å². The van der Waals surface area contributed by atoms with Gasteiger partial charge in [-0.2, -0.15) is 0 Å². The highest BCUT2D eigenvalue weighted by atomic mass is 35.5. The fourth-order valence-corrected chi connectivity index (χ4v) is 8.95. The molecule has 0 saturated carbocycles. The number of aromatic nitrogens is 3. The SMILES string of the molecule is COc1cc2ncnc(Nc3ccc(F)c(Cl)c3)c2cc1OCCOCCOCCOCCOCCOCC(=O)NC(C(=O)N1C[C@H](OC(C)(C)C)C[C@H]1C(=O)NCc1ccc(-c2scnc2C)cc1)C(C)(C)C. The van der Waals surface area contributed by atoms with Crippen LogP contribution in [0.5, 0.6) is 11.5 Å². The van der Waals surface area contributed by atoms with E-state index in [1.165, 1.54) is 18.5 Å². The number of halogens is 2. The number of aryl methyl sites for hydroxylation is 1. The number of likely N-dealkylation sites (tertiary alicyclic amines) is 1. The lowest BCUT2D eigenvalue weighted by Gasteiger charge is -2.35. The first-order chi connectivity index (χ1) is 35.4. The third kappa shape index (κ3) is 17.5. The van der Waals surface area contributed by atoms with Crippen molar-refractivity contribution in [3.8, 4) is 21.9 Å². The molecular formula is C53H69ClFN7O11S. The van der Waals surface area contributed by atoms with Gasteiger partial charge in [0.05, 0.1) is 105 Å². The summed E-state index contributed by atoms with van der Waals surface area (Å²) in [6, 6.07) is 14.1. The maximum absolute atomic E-state index is 14.3. The number of benzene rings is 3. The van der Waals surface area contributed by atoms with Gasteiger partial charge in [-0.25, -0.2) is 19.3 Å². The largest absolute Gasteiger partial charge is 0.493 e. The smallest absolute Gasteiger partial charge is 0.246 e. The van der Waals surface area contributed by atoms with E-state index in [1.54, 1.807) is 41.5 Å². The predicted molar refractivity (Wildman–Crippen MR) is 281 cm³/mol. The maximum atomic E-state index is 14.3. The lowest BCUT2D eigenvalue weighted by molar-refractivity contribution is -0.145. The second-order valence-corrected chi connectivity index (χ2v) is 20.8. The van der Waals surface area contributed by atoms with Crippen LogP contribution in [0, 0.1) is 18.2 Å². The number of ether oxygens (including phenoxy) is 8. The fourth-order valence-electron chi connectivity index (χ4n) is 7.95. The second kappa shape index (κ2) is 27.8. The Morgan fingerprint density at radius 3 is 2.07 bits per heavy atom. The maximum Gasteiger partial charge on any atom is 0.246 e. The van der Waals surface area contributed by atoms with Gasteiger partial charge in [-0.15, -0.1) is 11.3 Å². The van der Waals surface area contributed by atoms with E-state index in [1.807, 2.05) is 78.2 Å². The zero-order chi connectivity index (χ0) is 53.3. The van der Waals surface area contributed by atoms with E-state index in [-0.39, 0.29) is 62.5 Å². The first kappa shape index (κ1) is 57.7. The average molecular weight is 1070 g/mol. The molecule has 0 aliphatic carbocycles. The summed E-state index contributed by atoms with van der Waals surface area (Å²) in [7, 11) is 1.54. The van der Waals surface area contributed by atoms with Crippen LogP contribution >= 0.6 is 22.9 Å². The number of hydrogen-bond donors (Lipinski definition) is 3. The van der Waals surface area contributed by atoms with Gasteiger partial charge in [0, 0.05) is 36.7 Å². The molecule has 1 fully saturated rings. The number of fused-ring (bicyclic) bond motifs is 1. The summed E-state index contributed by atoms with van der Waals surface area (Å²) in [4.78, 5) is 57.0. The molecule has 1 unspecified atom stereocenters. The molecule has 1 aliphatic rings. The molecule has 1 aliphatic heterocycles. The number of rotatable bonds is 28. The Balaban J connectivity index is 0.824. The Hall–Kier alpha value is -5.58. The lowest BCUT2D eigenvalue weighted by atomic mass is 9.85. The van der Waals surface area contributed by atoms with Gasteiger partial charge in [0.15, 0.2) is 11.5 Å². The van der Waals surface area contributed by atoms with E-state index in [9.17, 15) is 18.8 Å². The van der Waals surface area contributed by atoms with Crippen LogP contribution in [-0.2, 0) is 49.3 Å². The minimum atomic E-state index is -0.935. The summed E-state index contributed by atoms with van der Waals surface area (Å²) >= 11 is 7.54. The predicted octanol–water partition coefficient (Wildman–Crippen LogP) is 7.70. The van der Waals surface area contributed by atoms with Crippen LogP contribution in [0.4, 0.5) is 15.9 Å². The van der Waals surface area contributed by atoms with Crippen molar-refractivity contribution in [3.63, 3.8) is 0 Å². The quantitative estimate of drug-likeness (QED) is 0.0411. The summed E-state index contributed by atoms with van der Waals surface area (Å²) in [5.74, 6) is -0.182. The number of carbonyl (C=O) groups is 3. The number of hydrogen-bond acceptors (Lipinski definition) is 16. The van der Waals surface area contributed by atoms with Crippen LogP contribution in [0.25, 0.3) is 21.3 Å². The van der Waals surface area contributed by atoms with Crippen LogP contribution in [-0.4, -0.2) is 148 Å². The molecule has 5 aromatic rings. The van der Waals surface area contributed by atoms with E-state index < -0.39 is 34.8 Å². The molecule has 3 atom stereocenters. The van der Waals surface area contributed by atoms with Gasteiger partial charge in [0.2, 0.25) is 17.7 Å². The van der Waals surface area contributed by atoms with E-state index in [2.05, 4.69) is 30.9 Å². The molecule has 3 N–H and O–H groups in total. The first-order valence-electron chi connectivity index (χ1n) is 24.5. The van der Waals surface area contributed by atoms with Crippen molar-refractivity contribution >= 4 is 63.1 Å². The van der Waals surface area contributed by atoms with E-state index in [0.29, 0.717) is 86.6 Å². The number of anilines is 2. The first-order valence-corrected chi connectivity index (χ1v) is 25.8. The summed E-state index contributed by atoms with van der Waals surface area (Å²) in [5, 5.41) is 9.71. The number of carbonyl (C=O) groups excluding carboxylic acids is 3. The van der Waals surface area contributed by atoms with Crippen LogP contribution in [0.2, 0.25) is 5.02 Å². The highest BCUT2D eigenvalue weighted by Gasteiger charge is 2.46. The zero-order valence-electron chi connectivity index (χ0n) is 43.4. The second-order valence-electron chi connectivity index (χ2n) is 19.5. The summed E-state index contributed by atoms with van der Waals surface area (Å²) in [6.45, 7) is 16.7. The minimum absolute atomic E-state index is 0.0117. The van der Waals surface area contributed by atoms with E-state index in [0.717, 1.165) is 21.7 Å². The van der Waals surface area contributed by atoms with Crippen molar-refractivity contribution in [2.45, 2.75) is 85.2 Å². The Bertz CT molecular complexity index is 2610. The normalized spacial score (nSPS) is 15.3. The molecule has 1 saturated heterocycles. The Labute approximate surface area is 441 Å². The molecule has 21 heteroatoms. The molecule has 18 nitrogen and oxygen atoms in total. The monoisotopic (exact) mass is 1070 g/mol. The third-order valence-electron chi connectivity index (χ3n) is 11.5. The average Bonchev–Trinajstić information content (AvgIpc) is 3.99. The number of nitrogens with one attached hydrogen (secondary N) is 3. The molecule has 0 radical (unpaired) electrons. The van der Waals surface area contributed by atoms with Gasteiger partial charge in [0.1, 0.15) is 43.3 Å². The molecule has 0 spiro atoms. The molecule has 3 aromatic carbocycles. The summed E-state index contributed by atoms with van der Waals surface area (Å²) < 4.78 is 59.5. The molecule has 402 valence electrons. The fraction of sp³-hybridized carbons (Fsp3) is 0.509.